The lowest BCUT2D eigenvalue weighted by Crippen LogP contribution is -2.63. The third kappa shape index (κ3) is 2.34. The molecule has 1 N–H and O–H groups in total. The molecule has 3 aliphatic carbocycles. The van der Waals surface area contributed by atoms with Crippen LogP contribution in [0.4, 0.5) is 0 Å². The number of unbranched alkanes of at least 4 members (excludes halogenated alkanes) is 1. The zero-order chi connectivity index (χ0) is 14.4. The Bertz CT molecular complexity index is 361. The van der Waals surface area contributed by atoms with Crippen LogP contribution in [0.5, 0.6) is 0 Å². The predicted molar refractivity (Wildman–Crippen MR) is 86.8 cm³/mol. The molecule has 20 heavy (non-hydrogen) atoms. The fourth-order valence-electron chi connectivity index (χ4n) is 6.02. The highest BCUT2D eigenvalue weighted by Gasteiger charge is 2.60. The van der Waals surface area contributed by atoms with Crippen molar-refractivity contribution in [2.45, 2.75) is 91.0 Å². The molecule has 0 radical (unpaired) electrons. The maximum Gasteiger partial charge on any atom is 0.0217 e. The van der Waals surface area contributed by atoms with Crippen LogP contribution in [0.15, 0.2) is 0 Å². The van der Waals surface area contributed by atoms with Crippen LogP contribution in [0.2, 0.25) is 0 Å². The van der Waals surface area contributed by atoms with Gasteiger partial charge in [-0.25, -0.2) is 0 Å². The van der Waals surface area contributed by atoms with Crippen LogP contribution < -0.4 is 5.32 Å². The molecule has 4 atom stereocenters. The molecule has 0 aromatic carbocycles. The van der Waals surface area contributed by atoms with Crippen LogP contribution in [0, 0.1) is 22.7 Å². The van der Waals surface area contributed by atoms with E-state index >= 15 is 0 Å². The largest absolute Gasteiger partial charge is 0.311 e. The molecule has 3 saturated carbocycles. The summed E-state index contributed by atoms with van der Waals surface area (Å²) in [6, 6.07) is 0. The van der Waals surface area contributed by atoms with E-state index in [1.54, 1.807) is 0 Å². The molecule has 0 heterocycles. The molecule has 0 amide bonds. The molecule has 0 aromatic rings. The van der Waals surface area contributed by atoms with E-state index in [1.165, 1.54) is 64.3 Å². The summed E-state index contributed by atoms with van der Waals surface area (Å²) in [5.41, 5.74) is 1.74. The van der Waals surface area contributed by atoms with Crippen molar-refractivity contribution >= 4 is 0 Å². The van der Waals surface area contributed by atoms with Gasteiger partial charge in [0.2, 0.25) is 0 Å². The Hall–Kier alpha value is -0.0400. The molecule has 3 rings (SSSR count). The third-order valence-electron chi connectivity index (χ3n) is 7.16. The van der Waals surface area contributed by atoms with Crippen LogP contribution in [-0.4, -0.2) is 12.1 Å². The smallest absolute Gasteiger partial charge is 0.0217 e. The van der Waals surface area contributed by atoms with E-state index in [1.807, 2.05) is 0 Å². The Kier molecular flexibility index (Phi) is 3.72. The molecule has 0 spiro atoms. The van der Waals surface area contributed by atoms with Crippen molar-refractivity contribution in [3.8, 4) is 0 Å². The van der Waals surface area contributed by atoms with E-state index in [2.05, 4.69) is 33.0 Å². The van der Waals surface area contributed by atoms with E-state index < -0.39 is 0 Å². The predicted octanol–water partition coefficient (Wildman–Crippen LogP) is 5.15. The van der Waals surface area contributed by atoms with Crippen molar-refractivity contribution in [2.75, 3.05) is 6.54 Å². The maximum atomic E-state index is 4.10. The molecule has 0 saturated heterocycles. The Labute approximate surface area is 126 Å². The van der Waals surface area contributed by atoms with Crippen molar-refractivity contribution in [3.63, 3.8) is 0 Å². The second kappa shape index (κ2) is 5.00. The summed E-state index contributed by atoms with van der Waals surface area (Å²) in [4.78, 5) is 0. The topological polar surface area (TPSA) is 12.0 Å². The molecule has 3 fully saturated rings. The maximum absolute atomic E-state index is 4.10. The Morgan fingerprint density at radius 3 is 2.55 bits per heavy atom. The van der Waals surface area contributed by atoms with Gasteiger partial charge in [-0.2, -0.15) is 0 Å². The third-order valence-corrected chi connectivity index (χ3v) is 7.16. The first-order valence-corrected chi connectivity index (χ1v) is 9.16. The standard InChI is InChI=1S/C19H35N/c1-5-6-12-20-19-10-7-9-18(4,14-19)11-8-15-16(19)13-17(15,2)3/h15-16,20H,5-14H2,1-4H3/t15-,16+,18-,19+/m1/s1. The Morgan fingerprint density at radius 1 is 1.05 bits per heavy atom. The normalized spacial score (nSPS) is 46.2. The van der Waals surface area contributed by atoms with Gasteiger partial charge in [0.15, 0.2) is 0 Å². The lowest BCUT2D eigenvalue weighted by Gasteiger charge is -2.60. The average molecular weight is 277 g/mol. The second-order valence-corrected chi connectivity index (χ2v) is 9.22. The summed E-state index contributed by atoms with van der Waals surface area (Å²) >= 11 is 0. The fourth-order valence-corrected chi connectivity index (χ4v) is 6.02. The van der Waals surface area contributed by atoms with Gasteiger partial charge in [-0.1, -0.05) is 40.5 Å². The van der Waals surface area contributed by atoms with Gasteiger partial charge in [-0.15, -0.1) is 0 Å². The molecule has 2 bridgehead atoms. The molecular weight excluding hydrogens is 242 g/mol. The molecule has 0 aromatic heterocycles. The SMILES string of the molecule is CCCCN[C@]12CCC[C@](C)(CC[C@@H]3[C@@H]1CC3(C)C)C2. The average Bonchev–Trinajstić information content (AvgIpc) is 2.42. The molecule has 1 heteroatoms. The lowest BCUT2D eigenvalue weighted by molar-refractivity contribution is -0.0771. The fraction of sp³-hybridized carbons (Fsp3) is 1.00. The molecule has 3 aliphatic rings. The second-order valence-electron chi connectivity index (χ2n) is 9.22. The van der Waals surface area contributed by atoms with E-state index in [0.717, 1.165) is 11.8 Å². The highest BCUT2D eigenvalue weighted by Crippen LogP contribution is 2.64. The van der Waals surface area contributed by atoms with Crippen LogP contribution in [-0.2, 0) is 0 Å². The Morgan fingerprint density at radius 2 is 1.85 bits per heavy atom. The zero-order valence-corrected chi connectivity index (χ0v) is 14.2. The van der Waals surface area contributed by atoms with Gasteiger partial charge in [0.05, 0.1) is 0 Å². The number of hydrogen-bond acceptors (Lipinski definition) is 1. The van der Waals surface area contributed by atoms with Gasteiger partial charge < -0.3 is 5.32 Å². The summed E-state index contributed by atoms with van der Waals surface area (Å²) in [7, 11) is 0. The van der Waals surface area contributed by atoms with Crippen molar-refractivity contribution in [3.05, 3.63) is 0 Å². The van der Waals surface area contributed by atoms with Crippen LogP contribution >= 0.6 is 0 Å². The van der Waals surface area contributed by atoms with Crippen molar-refractivity contribution < 1.29 is 0 Å². The van der Waals surface area contributed by atoms with Gasteiger partial charge in [0, 0.05) is 5.54 Å². The summed E-state index contributed by atoms with van der Waals surface area (Å²) in [6.07, 6.45) is 12.9. The Balaban J connectivity index is 1.83. The number of rotatable bonds is 4. The minimum Gasteiger partial charge on any atom is -0.311 e. The zero-order valence-electron chi connectivity index (χ0n) is 14.2. The van der Waals surface area contributed by atoms with Gasteiger partial charge >= 0.3 is 0 Å². The summed E-state index contributed by atoms with van der Waals surface area (Å²) in [5.74, 6) is 1.95. The van der Waals surface area contributed by atoms with Gasteiger partial charge in [0.25, 0.3) is 0 Å². The van der Waals surface area contributed by atoms with E-state index in [-0.39, 0.29) is 0 Å². The molecule has 116 valence electrons. The van der Waals surface area contributed by atoms with Crippen molar-refractivity contribution in [1.82, 2.24) is 5.32 Å². The minimum absolute atomic E-state index is 0.499. The highest BCUT2D eigenvalue weighted by atomic mass is 15.0. The van der Waals surface area contributed by atoms with Crippen molar-refractivity contribution in [2.24, 2.45) is 22.7 Å². The number of hydrogen-bond donors (Lipinski definition) is 1. The number of fused-ring (bicyclic) bond motifs is 4. The van der Waals surface area contributed by atoms with Gasteiger partial charge in [0.1, 0.15) is 0 Å². The first-order valence-electron chi connectivity index (χ1n) is 9.16. The minimum atomic E-state index is 0.499. The monoisotopic (exact) mass is 277 g/mol. The summed E-state index contributed by atoms with van der Waals surface area (Å²) < 4.78 is 0. The highest BCUT2D eigenvalue weighted by molar-refractivity contribution is 5.13. The van der Waals surface area contributed by atoms with E-state index in [9.17, 15) is 0 Å². The van der Waals surface area contributed by atoms with Crippen LogP contribution in [0.3, 0.4) is 0 Å². The van der Waals surface area contributed by atoms with Crippen molar-refractivity contribution in [1.29, 1.82) is 0 Å². The molecule has 0 unspecified atom stereocenters. The van der Waals surface area contributed by atoms with Crippen LogP contribution in [0.1, 0.15) is 85.5 Å². The van der Waals surface area contributed by atoms with Gasteiger partial charge in [-0.3, -0.25) is 0 Å². The summed E-state index contributed by atoms with van der Waals surface area (Å²) in [6.45, 7) is 11.2. The summed E-state index contributed by atoms with van der Waals surface area (Å²) in [5, 5.41) is 4.10. The lowest BCUT2D eigenvalue weighted by atomic mass is 9.48. The first-order chi connectivity index (χ1) is 9.41. The van der Waals surface area contributed by atoms with Gasteiger partial charge in [-0.05, 0) is 74.2 Å². The van der Waals surface area contributed by atoms with E-state index in [4.69, 9.17) is 0 Å². The van der Waals surface area contributed by atoms with Crippen LogP contribution in [0.25, 0.3) is 0 Å². The number of nitrogens with one attached hydrogen (secondary N) is 1. The molecular formula is C19H35N. The molecule has 1 nitrogen and oxygen atoms in total. The van der Waals surface area contributed by atoms with E-state index in [0.29, 0.717) is 16.4 Å². The quantitative estimate of drug-likeness (QED) is 0.701. The molecule has 0 aliphatic heterocycles. The first kappa shape index (κ1) is 14.9.